The predicted molar refractivity (Wildman–Crippen MR) is 32.9 cm³/mol. The van der Waals surface area contributed by atoms with Crippen LogP contribution in [0.15, 0.2) is 16.4 Å². The third-order valence-corrected chi connectivity index (χ3v) is 1.05. The second kappa shape index (κ2) is 2.37. The zero-order valence-corrected chi connectivity index (χ0v) is 4.94. The van der Waals surface area contributed by atoms with Crippen LogP contribution in [0.5, 0.6) is 0 Å². The summed E-state index contributed by atoms with van der Waals surface area (Å²) in [5, 5.41) is 29.4. The summed E-state index contributed by atoms with van der Waals surface area (Å²) in [5.74, 6) is -0.297. The number of aliphatic hydroxyl groups is 2. The number of hydrogen-bond donors (Lipinski definition) is 3. The lowest BCUT2D eigenvalue weighted by Crippen LogP contribution is -2.30. The molecule has 5 nitrogen and oxygen atoms in total. The van der Waals surface area contributed by atoms with Gasteiger partial charge in [-0.3, -0.25) is 5.43 Å². The third-order valence-electron chi connectivity index (χ3n) is 1.05. The van der Waals surface area contributed by atoms with Gasteiger partial charge in [-0.1, -0.05) is 0 Å². The van der Waals surface area contributed by atoms with Gasteiger partial charge in [0.15, 0.2) is 12.0 Å². The molecular formula is C5H5N3O2. The Labute approximate surface area is 56.9 Å². The van der Waals surface area contributed by atoms with Gasteiger partial charge in [0.05, 0.1) is 6.21 Å². The van der Waals surface area contributed by atoms with Gasteiger partial charge in [0.25, 0.3) is 0 Å². The standard InChI is InChI=1S/C5H5N3O2/c6-1-3-4(9)2-7-8-5(3)10/h2,5,8-10H. The molecule has 1 aliphatic rings. The molecule has 0 aliphatic carbocycles. The number of allylic oxidation sites excluding steroid dienone is 1. The van der Waals surface area contributed by atoms with Gasteiger partial charge in [-0.05, 0) is 0 Å². The molecule has 5 heteroatoms. The smallest absolute Gasteiger partial charge is 0.179 e. The van der Waals surface area contributed by atoms with E-state index >= 15 is 0 Å². The van der Waals surface area contributed by atoms with E-state index in [0.29, 0.717) is 0 Å². The number of nitriles is 1. The third kappa shape index (κ3) is 0.921. The minimum atomic E-state index is -1.19. The van der Waals surface area contributed by atoms with Crippen molar-refractivity contribution in [2.24, 2.45) is 5.10 Å². The number of hydrogen-bond acceptors (Lipinski definition) is 5. The molecule has 0 fully saturated rings. The van der Waals surface area contributed by atoms with E-state index in [9.17, 15) is 0 Å². The minimum Gasteiger partial charge on any atom is -0.505 e. The van der Waals surface area contributed by atoms with E-state index in [1.807, 2.05) is 0 Å². The van der Waals surface area contributed by atoms with Gasteiger partial charge in [-0.25, -0.2) is 0 Å². The molecule has 0 aromatic heterocycles. The van der Waals surface area contributed by atoms with Crippen LogP contribution in [0.25, 0.3) is 0 Å². The van der Waals surface area contributed by atoms with Crippen LogP contribution in [-0.2, 0) is 0 Å². The Kier molecular flexibility index (Phi) is 1.56. The summed E-state index contributed by atoms with van der Waals surface area (Å²) in [6, 6.07) is 1.63. The molecule has 3 N–H and O–H groups in total. The Morgan fingerprint density at radius 2 is 2.50 bits per heavy atom. The van der Waals surface area contributed by atoms with Crippen LogP contribution in [0.3, 0.4) is 0 Å². The molecule has 1 heterocycles. The first-order valence-corrected chi connectivity index (χ1v) is 2.55. The minimum absolute atomic E-state index is 0.116. The molecule has 1 atom stereocenters. The van der Waals surface area contributed by atoms with E-state index in [1.165, 1.54) is 0 Å². The van der Waals surface area contributed by atoms with Crippen LogP contribution in [0.4, 0.5) is 0 Å². The van der Waals surface area contributed by atoms with Gasteiger partial charge in [-0.2, -0.15) is 10.4 Å². The van der Waals surface area contributed by atoms with Crippen molar-refractivity contribution in [2.75, 3.05) is 0 Å². The van der Waals surface area contributed by atoms with Crippen LogP contribution >= 0.6 is 0 Å². The van der Waals surface area contributed by atoms with Crippen LogP contribution in [0.1, 0.15) is 0 Å². The Hall–Kier alpha value is -1.54. The molecule has 0 saturated heterocycles. The maximum atomic E-state index is 8.87. The maximum Gasteiger partial charge on any atom is 0.179 e. The fraction of sp³-hybridized carbons (Fsp3) is 0.200. The highest BCUT2D eigenvalue weighted by Crippen LogP contribution is 2.05. The highest BCUT2D eigenvalue weighted by molar-refractivity contribution is 5.78. The van der Waals surface area contributed by atoms with Gasteiger partial charge < -0.3 is 10.2 Å². The highest BCUT2D eigenvalue weighted by atomic mass is 16.3. The van der Waals surface area contributed by atoms with Gasteiger partial charge in [0.1, 0.15) is 11.6 Å². The van der Waals surface area contributed by atoms with Crippen LogP contribution in [0, 0.1) is 11.3 Å². The van der Waals surface area contributed by atoms with Crippen LogP contribution in [-0.4, -0.2) is 22.7 Å². The molecule has 0 aromatic carbocycles. The van der Waals surface area contributed by atoms with E-state index in [4.69, 9.17) is 15.5 Å². The fourth-order valence-corrected chi connectivity index (χ4v) is 0.562. The zero-order chi connectivity index (χ0) is 7.56. The van der Waals surface area contributed by atoms with Crippen molar-refractivity contribution in [3.63, 3.8) is 0 Å². The highest BCUT2D eigenvalue weighted by Gasteiger charge is 2.16. The monoisotopic (exact) mass is 139 g/mol. The lowest BCUT2D eigenvalue weighted by Gasteiger charge is -2.12. The zero-order valence-electron chi connectivity index (χ0n) is 4.94. The summed E-state index contributed by atoms with van der Waals surface area (Å²) < 4.78 is 0. The molecule has 1 aliphatic heterocycles. The topological polar surface area (TPSA) is 88.6 Å². The first-order chi connectivity index (χ1) is 4.75. The number of nitrogens with zero attached hydrogens (tertiary/aromatic N) is 2. The SMILES string of the molecule is N#CC1=C(O)C=NNC1O. The molecule has 52 valence electrons. The first-order valence-electron chi connectivity index (χ1n) is 2.55. The second-order valence-electron chi connectivity index (χ2n) is 1.70. The summed E-state index contributed by atoms with van der Waals surface area (Å²) in [6.45, 7) is 0. The number of aliphatic hydroxyl groups excluding tert-OH is 2. The molecule has 1 rings (SSSR count). The first kappa shape index (κ1) is 6.58. The molecule has 1 unspecified atom stereocenters. The largest absolute Gasteiger partial charge is 0.505 e. The normalized spacial score (nSPS) is 23.8. The van der Waals surface area contributed by atoms with E-state index in [-0.39, 0.29) is 11.3 Å². The van der Waals surface area contributed by atoms with E-state index < -0.39 is 6.23 Å². The number of rotatable bonds is 0. The van der Waals surface area contributed by atoms with Crippen molar-refractivity contribution in [3.05, 3.63) is 11.3 Å². The van der Waals surface area contributed by atoms with Crippen molar-refractivity contribution in [1.29, 1.82) is 5.26 Å². The summed E-state index contributed by atoms with van der Waals surface area (Å²) >= 11 is 0. The Balaban J connectivity index is 2.97. The molecule has 0 bridgehead atoms. The summed E-state index contributed by atoms with van der Waals surface area (Å²) in [7, 11) is 0. The molecule has 0 radical (unpaired) electrons. The van der Waals surface area contributed by atoms with Gasteiger partial charge in [-0.15, -0.1) is 0 Å². The van der Waals surface area contributed by atoms with Crippen molar-refractivity contribution in [3.8, 4) is 6.07 Å². The van der Waals surface area contributed by atoms with Crippen LogP contribution < -0.4 is 5.43 Å². The van der Waals surface area contributed by atoms with Gasteiger partial charge in [0, 0.05) is 0 Å². The molecular weight excluding hydrogens is 134 g/mol. The fourth-order valence-electron chi connectivity index (χ4n) is 0.562. The summed E-state index contributed by atoms with van der Waals surface area (Å²) in [5.41, 5.74) is 2.08. The van der Waals surface area contributed by atoms with Crippen molar-refractivity contribution in [1.82, 2.24) is 5.43 Å². The van der Waals surface area contributed by atoms with E-state index in [2.05, 4.69) is 10.5 Å². The quantitative estimate of drug-likeness (QED) is 0.411. The van der Waals surface area contributed by atoms with Crippen molar-refractivity contribution in [2.45, 2.75) is 6.23 Å². The van der Waals surface area contributed by atoms with Crippen LogP contribution in [0.2, 0.25) is 0 Å². The number of nitrogens with one attached hydrogen (secondary N) is 1. The lowest BCUT2D eigenvalue weighted by molar-refractivity contribution is 0.171. The average Bonchev–Trinajstić information content (AvgIpc) is 1.88. The van der Waals surface area contributed by atoms with Crippen molar-refractivity contribution >= 4 is 6.21 Å². The summed E-state index contributed by atoms with van der Waals surface area (Å²) in [6.07, 6.45) is -0.124. The van der Waals surface area contributed by atoms with E-state index in [0.717, 1.165) is 6.21 Å². The van der Waals surface area contributed by atoms with E-state index in [1.54, 1.807) is 6.07 Å². The Morgan fingerprint density at radius 3 is 2.90 bits per heavy atom. The molecule has 0 saturated carbocycles. The average molecular weight is 139 g/mol. The molecule has 10 heavy (non-hydrogen) atoms. The lowest BCUT2D eigenvalue weighted by atomic mass is 10.2. The molecule has 0 amide bonds. The molecule has 0 aromatic rings. The Morgan fingerprint density at radius 1 is 1.80 bits per heavy atom. The number of hydrazone groups is 1. The maximum absolute atomic E-state index is 8.87. The Bertz CT molecular complexity index is 238. The summed E-state index contributed by atoms with van der Waals surface area (Å²) in [4.78, 5) is 0. The predicted octanol–water partition coefficient (Wildman–Crippen LogP) is -0.771. The van der Waals surface area contributed by atoms with Gasteiger partial charge in [0.2, 0.25) is 0 Å². The second-order valence-corrected chi connectivity index (χ2v) is 1.70. The van der Waals surface area contributed by atoms with Gasteiger partial charge >= 0.3 is 0 Å². The van der Waals surface area contributed by atoms with Crippen molar-refractivity contribution < 1.29 is 10.2 Å². The molecule has 0 spiro atoms.